The Bertz CT molecular complexity index is 1490. The first-order valence-electron chi connectivity index (χ1n) is 10.9. The van der Waals surface area contributed by atoms with Crippen LogP contribution in [0.25, 0.3) is 33.0 Å². The van der Waals surface area contributed by atoms with Crippen LogP contribution in [0.4, 0.5) is 0 Å². The fourth-order valence-corrected chi connectivity index (χ4v) is 5.44. The molecule has 2 nitrogen and oxygen atoms in total. The topological polar surface area (TPSA) is 26.0 Å². The van der Waals surface area contributed by atoms with Crippen LogP contribution in [0.5, 0.6) is 0 Å². The first-order chi connectivity index (χ1) is 14.9. The van der Waals surface area contributed by atoms with E-state index in [-0.39, 0.29) is 10.8 Å². The molecule has 0 aliphatic heterocycles. The Balaban J connectivity index is 1.67. The van der Waals surface area contributed by atoms with Gasteiger partial charge in [-0.25, -0.2) is 0 Å². The van der Waals surface area contributed by atoms with Crippen LogP contribution in [0.1, 0.15) is 50.1 Å². The zero-order valence-electron chi connectivity index (χ0n) is 18.4. The van der Waals surface area contributed by atoms with E-state index < -0.39 is 0 Å². The van der Waals surface area contributed by atoms with E-state index in [0.717, 1.165) is 28.0 Å². The third-order valence-electron chi connectivity index (χ3n) is 7.09. The Morgan fingerprint density at radius 2 is 1.39 bits per heavy atom. The van der Waals surface area contributed by atoms with E-state index in [9.17, 15) is 0 Å². The van der Waals surface area contributed by atoms with Gasteiger partial charge < -0.3 is 4.42 Å². The van der Waals surface area contributed by atoms with Gasteiger partial charge in [0.25, 0.3) is 0 Å². The minimum Gasteiger partial charge on any atom is -0.459 e. The molecular formula is C29H25NO. The molecule has 2 heterocycles. The van der Waals surface area contributed by atoms with Crippen molar-refractivity contribution in [1.29, 1.82) is 0 Å². The quantitative estimate of drug-likeness (QED) is 0.288. The van der Waals surface area contributed by atoms with E-state index in [1.807, 2.05) is 12.3 Å². The molecule has 31 heavy (non-hydrogen) atoms. The molecule has 2 aromatic heterocycles. The molecule has 0 fully saturated rings. The molecule has 0 bridgehead atoms. The second kappa shape index (κ2) is 6.07. The molecular weight excluding hydrogens is 378 g/mol. The van der Waals surface area contributed by atoms with E-state index in [2.05, 4.69) is 94.4 Å². The lowest BCUT2D eigenvalue weighted by molar-refractivity contribution is 0.410. The monoisotopic (exact) mass is 403 g/mol. The summed E-state index contributed by atoms with van der Waals surface area (Å²) in [4.78, 5) is 4.79. The highest BCUT2D eigenvalue weighted by Crippen LogP contribution is 2.53. The minimum absolute atomic E-state index is 0.137. The summed E-state index contributed by atoms with van der Waals surface area (Å²) in [7, 11) is 0. The summed E-state index contributed by atoms with van der Waals surface area (Å²) in [5, 5.41) is 3.53. The van der Waals surface area contributed by atoms with Gasteiger partial charge in [-0.1, -0.05) is 74.5 Å². The number of pyridine rings is 1. The Morgan fingerprint density at radius 3 is 2.16 bits per heavy atom. The summed E-state index contributed by atoms with van der Waals surface area (Å²) in [6.45, 7) is 9.18. The summed E-state index contributed by atoms with van der Waals surface area (Å²) >= 11 is 0. The second-order valence-electron chi connectivity index (χ2n) is 9.70. The lowest BCUT2D eigenvalue weighted by Crippen LogP contribution is -2.35. The smallest absolute Gasteiger partial charge is 0.144 e. The number of rotatable bonds is 1. The molecule has 0 atom stereocenters. The van der Waals surface area contributed by atoms with Crippen LogP contribution in [0.3, 0.4) is 0 Å². The average Bonchev–Trinajstić information content (AvgIpc) is 3.20. The second-order valence-corrected chi connectivity index (χ2v) is 9.70. The van der Waals surface area contributed by atoms with Gasteiger partial charge in [0.15, 0.2) is 0 Å². The van der Waals surface area contributed by atoms with Gasteiger partial charge in [0.05, 0.1) is 5.69 Å². The summed E-state index contributed by atoms with van der Waals surface area (Å²) in [5.41, 5.74) is 6.62. The molecule has 3 aromatic carbocycles. The number of hydrogen-bond acceptors (Lipinski definition) is 2. The van der Waals surface area contributed by atoms with Crippen LogP contribution in [0.15, 0.2) is 83.4 Å². The number of fused-ring (bicyclic) bond motifs is 5. The molecule has 0 amide bonds. The van der Waals surface area contributed by atoms with Gasteiger partial charge >= 0.3 is 0 Å². The van der Waals surface area contributed by atoms with Crippen molar-refractivity contribution in [3.8, 4) is 11.3 Å². The van der Waals surface area contributed by atoms with Crippen LogP contribution >= 0.6 is 0 Å². The molecule has 0 spiro atoms. The van der Waals surface area contributed by atoms with Crippen molar-refractivity contribution in [2.24, 2.45) is 0 Å². The first-order valence-corrected chi connectivity index (χ1v) is 10.9. The first kappa shape index (κ1) is 18.4. The molecule has 0 N–H and O–H groups in total. The molecule has 2 heteroatoms. The van der Waals surface area contributed by atoms with E-state index in [1.54, 1.807) is 0 Å². The Kier molecular flexibility index (Phi) is 3.60. The van der Waals surface area contributed by atoms with Gasteiger partial charge in [0, 0.05) is 38.9 Å². The molecule has 1 aliphatic carbocycles. The van der Waals surface area contributed by atoms with Gasteiger partial charge in [-0.05, 0) is 42.5 Å². The predicted octanol–water partition coefficient (Wildman–Crippen LogP) is 7.61. The molecule has 1 aliphatic rings. The molecule has 0 radical (unpaired) electrons. The largest absolute Gasteiger partial charge is 0.459 e. The van der Waals surface area contributed by atoms with E-state index in [0.29, 0.717) is 0 Å². The van der Waals surface area contributed by atoms with Crippen LogP contribution in [0.2, 0.25) is 0 Å². The van der Waals surface area contributed by atoms with Gasteiger partial charge in [-0.15, -0.1) is 0 Å². The molecule has 0 saturated heterocycles. The Morgan fingerprint density at radius 1 is 0.710 bits per heavy atom. The highest BCUT2D eigenvalue weighted by Gasteiger charge is 2.45. The average molecular weight is 404 g/mol. The summed E-state index contributed by atoms with van der Waals surface area (Å²) < 4.78 is 6.76. The molecule has 6 rings (SSSR count). The predicted molar refractivity (Wildman–Crippen MR) is 128 cm³/mol. The highest BCUT2D eigenvalue weighted by molar-refractivity contribution is 5.97. The summed E-state index contributed by atoms with van der Waals surface area (Å²) in [6.07, 6.45) is 1.95. The van der Waals surface area contributed by atoms with Gasteiger partial charge in [-0.3, -0.25) is 4.98 Å². The molecule has 152 valence electrons. The molecule has 0 unspecified atom stereocenters. The number of hydrogen-bond donors (Lipinski definition) is 0. The minimum atomic E-state index is -0.200. The van der Waals surface area contributed by atoms with Crippen LogP contribution < -0.4 is 0 Å². The van der Waals surface area contributed by atoms with Crippen LogP contribution in [-0.4, -0.2) is 4.98 Å². The zero-order chi connectivity index (χ0) is 21.4. The van der Waals surface area contributed by atoms with Crippen molar-refractivity contribution in [3.05, 3.63) is 101 Å². The zero-order valence-corrected chi connectivity index (χ0v) is 18.4. The van der Waals surface area contributed by atoms with Crippen molar-refractivity contribution in [3.63, 3.8) is 0 Å². The SMILES string of the molecule is CC1(C)c2ccccc2C(C)(C)c2c1oc1c(-c3cc4ccccc4cn3)cccc21. The third kappa shape index (κ3) is 2.42. The standard InChI is InChI=1S/C29H25NO/c1-28(2)22-14-7-8-15-23(22)29(3,4)27-25(28)21-13-9-12-20(26(21)31-27)24-16-18-10-5-6-11-19(18)17-30-24/h5-17H,1-4H3. The van der Waals surface area contributed by atoms with Crippen molar-refractivity contribution in [2.75, 3.05) is 0 Å². The number of aromatic nitrogens is 1. The maximum absolute atomic E-state index is 6.76. The maximum atomic E-state index is 6.76. The number of furan rings is 1. The molecule has 0 saturated carbocycles. The van der Waals surface area contributed by atoms with Crippen molar-refractivity contribution in [2.45, 2.75) is 38.5 Å². The van der Waals surface area contributed by atoms with Crippen molar-refractivity contribution < 1.29 is 4.42 Å². The molecule has 5 aromatic rings. The Labute approximate surface area is 182 Å². The normalized spacial score (nSPS) is 16.3. The lowest BCUT2D eigenvalue weighted by Gasteiger charge is -2.40. The number of para-hydroxylation sites is 1. The van der Waals surface area contributed by atoms with Crippen LogP contribution in [0, 0.1) is 0 Å². The fourth-order valence-electron chi connectivity index (χ4n) is 5.44. The maximum Gasteiger partial charge on any atom is 0.144 e. The number of nitrogens with zero attached hydrogens (tertiary/aromatic N) is 1. The van der Waals surface area contributed by atoms with Crippen molar-refractivity contribution in [1.82, 2.24) is 4.98 Å². The lowest BCUT2D eigenvalue weighted by atomic mass is 9.62. The van der Waals surface area contributed by atoms with E-state index in [4.69, 9.17) is 9.40 Å². The van der Waals surface area contributed by atoms with Gasteiger partial charge in [0.2, 0.25) is 0 Å². The van der Waals surface area contributed by atoms with Crippen molar-refractivity contribution >= 4 is 21.7 Å². The summed E-state index contributed by atoms with van der Waals surface area (Å²) in [5.74, 6) is 1.07. The van der Waals surface area contributed by atoms with Crippen LogP contribution in [-0.2, 0) is 10.8 Å². The van der Waals surface area contributed by atoms with E-state index >= 15 is 0 Å². The van der Waals surface area contributed by atoms with Gasteiger partial charge in [0.1, 0.15) is 11.3 Å². The highest BCUT2D eigenvalue weighted by atomic mass is 16.3. The third-order valence-corrected chi connectivity index (χ3v) is 7.09. The summed E-state index contributed by atoms with van der Waals surface area (Å²) in [6, 6.07) is 25.8. The van der Waals surface area contributed by atoms with E-state index in [1.165, 1.54) is 27.5 Å². The Hall–Kier alpha value is -3.39. The van der Waals surface area contributed by atoms with Gasteiger partial charge in [-0.2, -0.15) is 0 Å². The number of benzene rings is 3. The fraction of sp³-hybridized carbons (Fsp3) is 0.207.